The molecular weight excluding hydrogens is 482 g/mol. The van der Waals surface area contributed by atoms with E-state index in [-0.39, 0.29) is 17.2 Å². The van der Waals surface area contributed by atoms with E-state index >= 15 is 0 Å². The summed E-state index contributed by atoms with van der Waals surface area (Å²) in [6.07, 6.45) is 1.66. The van der Waals surface area contributed by atoms with Gasteiger partial charge in [0, 0.05) is 29.2 Å². The molecule has 0 aliphatic carbocycles. The average molecular weight is 506 g/mol. The number of thiophene rings is 1. The second-order valence-electron chi connectivity index (χ2n) is 7.99. The maximum absolute atomic E-state index is 13.5. The standard InChI is InChI=1S/C26H23N3O4S2/c1-3-10-29-25(31)23-19(17-6-4-16(2)5-7-17)14-34-24(23)28-26(29)35-15-22(30)27-18-8-9-20-21(13-18)33-12-11-32-20/h3-9,13-14H,1,10-12,15H2,2H3,(H,27,30). The Balaban J connectivity index is 1.38. The highest BCUT2D eigenvalue weighted by atomic mass is 32.2. The second-order valence-corrected chi connectivity index (χ2v) is 9.79. The Labute approximate surface area is 210 Å². The number of anilines is 1. The van der Waals surface area contributed by atoms with Crippen LogP contribution in [0.4, 0.5) is 5.69 Å². The number of fused-ring (bicyclic) bond motifs is 2. The van der Waals surface area contributed by atoms with Gasteiger partial charge in [0.15, 0.2) is 16.7 Å². The quantitative estimate of drug-likeness (QED) is 0.213. The lowest BCUT2D eigenvalue weighted by molar-refractivity contribution is -0.113. The van der Waals surface area contributed by atoms with Gasteiger partial charge in [-0.3, -0.25) is 14.2 Å². The molecule has 0 spiro atoms. The fourth-order valence-electron chi connectivity index (χ4n) is 3.80. The summed E-state index contributed by atoms with van der Waals surface area (Å²) in [6, 6.07) is 13.4. The van der Waals surface area contributed by atoms with Crippen LogP contribution in [0.1, 0.15) is 5.56 Å². The molecule has 35 heavy (non-hydrogen) atoms. The highest BCUT2D eigenvalue weighted by Gasteiger charge is 2.18. The fraction of sp³-hybridized carbons (Fsp3) is 0.192. The Kier molecular flexibility index (Phi) is 6.61. The normalized spacial score (nSPS) is 12.5. The summed E-state index contributed by atoms with van der Waals surface area (Å²) >= 11 is 2.65. The topological polar surface area (TPSA) is 82.5 Å². The van der Waals surface area contributed by atoms with Crippen molar-refractivity contribution in [1.29, 1.82) is 0 Å². The van der Waals surface area contributed by atoms with Crippen molar-refractivity contribution < 1.29 is 14.3 Å². The van der Waals surface area contributed by atoms with E-state index in [9.17, 15) is 9.59 Å². The van der Waals surface area contributed by atoms with Crippen molar-refractivity contribution in [3.8, 4) is 22.6 Å². The van der Waals surface area contributed by atoms with Crippen molar-refractivity contribution in [3.05, 3.63) is 76.4 Å². The van der Waals surface area contributed by atoms with Crippen molar-refractivity contribution in [3.63, 3.8) is 0 Å². The number of carbonyl (C=O) groups is 1. The van der Waals surface area contributed by atoms with E-state index in [1.165, 1.54) is 23.1 Å². The predicted octanol–water partition coefficient (Wildman–Crippen LogP) is 5.12. The first kappa shape index (κ1) is 23.2. The lowest BCUT2D eigenvalue weighted by Gasteiger charge is -2.19. The van der Waals surface area contributed by atoms with Crippen LogP contribution in [0.15, 0.2) is 70.5 Å². The van der Waals surface area contributed by atoms with E-state index in [1.807, 2.05) is 36.6 Å². The molecule has 0 atom stereocenters. The van der Waals surface area contributed by atoms with E-state index in [4.69, 9.17) is 14.5 Å². The largest absolute Gasteiger partial charge is 0.486 e. The van der Waals surface area contributed by atoms with Crippen molar-refractivity contribution >= 4 is 44.9 Å². The smallest absolute Gasteiger partial charge is 0.263 e. The first-order chi connectivity index (χ1) is 17.0. The Morgan fingerprint density at radius 2 is 1.97 bits per heavy atom. The molecular formula is C26H23N3O4S2. The molecule has 2 aromatic carbocycles. The SMILES string of the molecule is C=CCn1c(SCC(=O)Nc2ccc3c(c2)OCCO3)nc2scc(-c3ccc(C)cc3)c2c1=O. The maximum atomic E-state index is 13.5. The molecule has 9 heteroatoms. The van der Waals surface area contributed by atoms with Crippen LogP contribution < -0.4 is 20.3 Å². The highest BCUT2D eigenvalue weighted by molar-refractivity contribution is 7.99. The van der Waals surface area contributed by atoms with Crippen LogP contribution in [-0.2, 0) is 11.3 Å². The molecule has 1 N–H and O–H groups in total. The molecule has 0 bridgehead atoms. The van der Waals surface area contributed by atoms with Gasteiger partial charge >= 0.3 is 0 Å². The summed E-state index contributed by atoms with van der Waals surface area (Å²) < 4.78 is 12.7. The molecule has 2 aromatic heterocycles. The van der Waals surface area contributed by atoms with Crippen molar-refractivity contribution in [2.75, 3.05) is 24.3 Å². The number of aromatic nitrogens is 2. The van der Waals surface area contributed by atoms with Crippen LogP contribution in [0, 0.1) is 6.92 Å². The lowest BCUT2D eigenvalue weighted by atomic mass is 10.1. The number of allylic oxidation sites excluding steroid dienone is 1. The lowest BCUT2D eigenvalue weighted by Crippen LogP contribution is -2.23. The van der Waals surface area contributed by atoms with Gasteiger partial charge in [0.05, 0.1) is 11.1 Å². The Hall–Kier alpha value is -3.56. The van der Waals surface area contributed by atoms with E-state index in [2.05, 4.69) is 11.9 Å². The number of hydrogen-bond acceptors (Lipinski definition) is 7. The third-order valence-electron chi connectivity index (χ3n) is 5.49. The molecule has 3 heterocycles. The van der Waals surface area contributed by atoms with Gasteiger partial charge in [-0.15, -0.1) is 17.9 Å². The average Bonchev–Trinajstić information content (AvgIpc) is 3.29. The molecule has 178 valence electrons. The van der Waals surface area contributed by atoms with Gasteiger partial charge in [-0.25, -0.2) is 4.98 Å². The van der Waals surface area contributed by atoms with Gasteiger partial charge in [0.2, 0.25) is 5.91 Å². The molecule has 0 fully saturated rings. The molecule has 0 radical (unpaired) electrons. The molecule has 1 aliphatic heterocycles. The first-order valence-electron chi connectivity index (χ1n) is 11.1. The van der Waals surface area contributed by atoms with Crippen molar-refractivity contribution in [2.24, 2.45) is 0 Å². The van der Waals surface area contributed by atoms with E-state index in [1.54, 1.807) is 28.8 Å². The van der Waals surface area contributed by atoms with Crippen LogP contribution in [0.3, 0.4) is 0 Å². The molecule has 0 saturated heterocycles. The molecule has 0 saturated carbocycles. The minimum atomic E-state index is -0.210. The number of carbonyl (C=O) groups excluding carboxylic acids is 1. The van der Waals surface area contributed by atoms with Crippen molar-refractivity contribution in [2.45, 2.75) is 18.6 Å². The third kappa shape index (κ3) is 4.82. The molecule has 7 nitrogen and oxygen atoms in total. The molecule has 1 aliphatic rings. The van der Waals surface area contributed by atoms with Crippen molar-refractivity contribution in [1.82, 2.24) is 9.55 Å². The Morgan fingerprint density at radius 3 is 2.74 bits per heavy atom. The number of amides is 1. The number of hydrogen-bond donors (Lipinski definition) is 1. The van der Waals surface area contributed by atoms with E-state index in [0.29, 0.717) is 52.3 Å². The number of nitrogens with one attached hydrogen (secondary N) is 1. The fourth-order valence-corrected chi connectivity index (χ4v) is 5.60. The minimum Gasteiger partial charge on any atom is -0.486 e. The second kappa shape index (κ2) is 9.97. The molecule has 4 aromatic rings. The zero-order valence-corrected chi connectivity index (χ0v) is 20.7. The number of ether oxygens (including phenoxy) is 2. The Bertz CT molecular complexity index is 1470. The van der Waals surface area contributed by atoms with Crippen LogP contribution in [0.25, 0.3) is 21.3 Å². The van der Waals surface area contributed by atoms with Gasteiger partial charge in [-0.1, -0.05) is 47.7 Å². The summed E-state index contributed by atoms with van der Waals surface area (Å²) in [5.74, 6) is 1.16. The summed E-state index contributed by atoms with van der Waals surface area (Å²) in [4.78, 5) is 31.5. The van der Waals surface area contributed by atoms with Gasteiger partial charge in [-0.05, 0) is 24.6 Å². The number of rotatable bonds is 7. The monoisotopic (exact) mass is 505 g/mol. The number of aryl methyl sites for hydroxylation is 1. The van der Waals surface area contributed by atoms with Crippen LogP contribution in [-0.4, -0.2) is 34.4 Å². The minimum absolute atomic E-state index is 0.0970. The zero-order valence-electron chi connectivity index (χ0n) is 19.1. The first-order valence-corrected chi connectivity index (χ1v) is 12.9. The number of thioether (sulfide) groups is 1. The van der Waals surface area contributed by atoms with Gasteiger partial charge in [0.25, 0.3) is 5.56 Å². The molecule has 5 rings (SSSR count). The van der Waals surface area contributed by atoms with Gasteiger partial charge < -0.3 is 14.8 Å². The van der Waals surface area contributed by atoms with Gasteiger partial charge in [0.1, 0.15) is 18.0 Å². The summed E-state index contributed by atoms with van der Waals surface area (Å²) in [7, 11) is 0. The summed E-state index contributed by atoms with van der Waals surface area (Å²) in [6.45, 7) is 7.10. The van der Waals surface area contributed by atoms with Crippen LogP contribution in [0.5, 0.6) is 11.5 Å². The Morgan fingerprint density at radius 1 is 1.20 bits per heavy atom. The molecule has 1 amide bonds. The number of nitrogens with zero attached hydrogens (tertiary/aromatic N) is 2. The van der Waals surface area contributed by atoms with Crippen LogP contribution >= 0.6 is 23.1 Å². The molecule has 0 unspecified atom stereocenters. The van der Waals surface area contributed by atoms with Gasteiger partial charge in [-0.2, -0.15) is 0 Å². The predicted molar refractivity (Wildman–Crippen MR) is 141 cm³/mol. The summed E-state index contributed by atoms with van der Waals surface area (Å²) in [5.41, 5.74) is 3.48. The maximum Gasteiger partial charge on any atom is 0.263 e. The highest BCUT2D eigenvalue weighted by Crippen LogP contribution is 2.34. The van der Waals surface area contributed by atoms with Crippen LogP contribution in [0.2, 0.25) is 0 Å². The van der Waals surface area contributed by atoms with E-state index in [0.717, 1.165) is 16.7 Å². The number of benzene rings is 2. The summed E-state index contributed by atoms with van der Waals surface area (Å²) in [5, 5.41) is 5.90. The van der Waals surface area contributed by atoms with E-state index < -0.39 is 0 Å². The third-order valence-corrected chi connectivity index (χ3v) is 7.34. The zero-order chi connectivity index (χ0) is 24.4.